The second-order valence-corrected chi connectivity index (χ2v) is 7.16. The zero-order valence-corrected chi connectivity index (χ0v) is 15.5. The van der Waals surface area contributed by atoms with Crippen LogP contribution in [0.25, 0.3) is 0 Å². The van der Waals surface area contributed by atoms with E-state index in [1.807, 2.05) is 0 Å². The molecule has 0 amide bonds. The monoisotopic (exact) mass is 344 g/mol. The van der Waals surface area contributed by atoms with Crippen molar-refractivity contribution < 1.29 is 9.47 Å². The van der Waals surface area contributed by atoms with Crippen LogP contribution in [-0.4, -0.2) is 14.2 Å². The molecule has 3 aromatic carbocycles. The molecule has 2 heteroatoms. The highest BCUT2D eigenvalue weighted by molar-refractivity contribution is 5.59. The quantitative estimate of drug-likeness (QED) is 0.618. The van der Waals surface area contributed by atoms with Crippen LogP contribution in [0.1, 0.15) is 41.5 Å². The Morgan fingerprint density at radius 1 is 0.808 bits per heavy atom. The summed E-state index contributed by atoms with van der Waals surface area (Å²) in [7, 11) is 3.40. The molecule has 1 aliphatic rings. The van der Waals surface area contributed by atoms with E-state index in [0.29, 0.717) is 5.92 Å². The smallest absolute Gasteiger partial charge is 0.161 e. The molecule has 0 aromatic heterocycles. The summed E-state index contributed by atoms with van der Waals surface area (Å²) in [6.07, 6.45) is 1.03. The van der Waals surface area contributed by atoms with E-state index < -0.39 is 0 Å². The Labute approximate surface area is 155 Å². The Kier molecular flexibility index (Phi) is 4.20. The number of hydrogen-bond donors (Lipinski definition) is 0. The third kappa shape index (κ3) is 2.57. The fraction of sp³-hybridized carbons (Fsp3) is 0.250. The average molecular weight is 344 g/mol. The Morgan fingerprint density at radius 2 is 1.38 bits per heavy atom. The Balaban J connectivity index is 1.94. The van der Waals surface area contributed by atoms with Gasteiger partial charge < -0.3 is 9.47 Å². The SMILES string of the molecule is COc1cc2c(cc1OC)[C@](C)(c1ccccc1)C[C@@H]2c1ccccc1. The van der Waals surface area contributed by atoms with Crippen molar-refractivity contribution in [3.05, 3.63) is 95.1 Å². The molecule has 0 saturated heterocycles. The van der Waals surface area contributed by atoms with Crippen LogP contribution in [0, 0.1) is 0 Å². The number of rotatable bonds is 4. The minimum atomic E-state index is -0.0589. The molecule has 4 rings (SSSR count). The molecule has 132 valence electrons. The molecular weight excluding hydrogens is 320 g/mol. The third-order valence-corrected chi connectivity index (χ3v) is 5.75. The molecule has 1 aliphatic carbocycles. The molecule has 0 radical (unpaired) electrons. The number of ether oxygens (including phenoxy) is 2. The number of benzene rings is 3. The van der Waals surface area contributed by atoms with Crippen LogP contribution in [0.2, 0.25) is 0 Å². The van der Waals surface area contributed by atoms with Crippen LogP contribution >= 0.6 is 0 Å². The predicted octanol–water partition coefficient (Wildman–Crippen LogP) is 5.55. The van der Waals surface area contributed by atoms with Crippen molar-refractivity contribution in [1.29, 1.82) is 0 Å². The van der Waals surface area contributed by atoms with E-state index in [4.69, 9.17) is 9.47 Å². The van der Waals surface area contributed by atoms with Crippen molar-refractivity contribution in [2.24, 2.45) is 0 Å². The van der Waals surface area contributed by atoms with Crippen molar-refractivity contribution in [3.8, 4) is 11.5 Å². The third-order valence-electron chi connectivity index (χ3n) is 5.75. The lowest BCUT2D eigenvalue weighted by Crippen LogP contribution is -2.20. The van der Waals surface area contributed by atoms with Crippen molar-refractivity contribution >= 4 is 0 Å². The minimum absolute atomic E-state index is 0.0589. The molecule has 26 heavy (non-hydrogen) atoms. The van der Waals surface area contributed by atoms with Gasteiger partial charge in [-0.2, -0.15) is 0 Å². The zero-order chi connectivity index (χ0) is 18.1. The summed E-state index contributed by atoms with van der Waals surface area (Å²) in [6, 6.07) is 25.9. The van der Waals surface area contributed by atoms with Gasteiger partial charge in [0.2, 0.25) is 0 Å². The summed E-state index contributed by atoms with van der Waals surface area (Å²) in [5.41, 5.74) is 5.29. The average Bonchev–Trinajstić information content (AvgIpc) is 3.01. The normalized spacial score (nSPS) is 21.3. The fourth-order valence-corrected chi connectivity index (χ4v) is 4.35. The van der Waals surface area contributed by atoms with E-state index in [-0.39, 0.29) is 5.41 Å². The maximum absolute atomic E-state index is 5.61. The molecule has 2 atom stereocenters. The Hall–Kier alpha value is -2.74. The van der Waals surface area contributed by atoms with Gasteiger partial charge in [-0.05, 0) is 40.8 Å². The van der Waals surface area contributed by atoms with Crippen molar-refractivity contribution in [1.82, 2.24) is 0 Å². The van der Waals surface area contributed by atoms with E-state index in [1.54, 1.807) is 14.2 Å². The van der Waals surface area contributed by atoms with Gasteiger partial charge in [0, 0.05) is 11.3 Å². The van der Waals surface area contributed by atoms with Gasteiger partial charge in [0.1, 0.15) is 0 Å². The highest BCUT2D eigenvalue weighted by Gasteiger charge is 2.43. The number of methoxy groups -OCH3 is 2. The highest BCUT2D eigenvalue weighted by Crippen LogP contribution is 2.54. The molecule has 0 unspecified atom stereocenters. The molecule has 0 bridgehead atoms. The molecule has 0 saturated carbocycles. The lowest BCUT2D eigenvalue weighted by molar-refractivity contribution is 0.354. The zero-order valence-electron chi connectivity index (χ0n) is 15.5. The van der Waals surface area contributed by atoms with Crippen molar-refractivity contribution in [2.75, 3.05) is 14.2 Å². The molecule has 0 spiro atoms. The molecule has 0 heterocycles. The Bertz CT molecular complexity index is 902. The van der Waals surface area contributed by atoms with Gasteiger partial charge in [0.05, 0.1) is 14.2 Å². The second-order valence-electron chi connectivity index (χ2n) is 7.16. The first-order chi connectivity index (χ1) is 12.7. The van der Waals surface area contributed by atoms with Crippen LogP contribution in [0.15, 0.2) is 72.8 Å². The van der Waals surface area contributed by atoms with Gasteiger partial charge in [-0.25, -0.2) is 0 Å². The molecular formula is C24H24O2. The summed E-state index contributed by atoms with van der Waals surface area (Å²) in [4.78, 5) is 0. The topological polar surface area (TPSA) is 18.5 Å². The second kappa shape index (κ2) is 6.53. The summed E-state index contributed by atoms with van der Waals surface area (Å²) in [6.45, 7) is 2.34. The summed E-state index contributed by atoms with van der Waals surface area (Å²) in [5.74, 6) is 1.93. The van der Waals surface area contributed by atoms with Crippen LogP contribution in [0.3, 0.4) is 0 Å². The van der Waals surface area contributed by atoms with Crippen LogP contribution in [0.5, 0.6) is 11.5 Å². The van der Waals surface area contributed by atoms with E-state index in [1.165, 1.54) is 22.3 Å². The minimum Gasteiger partial charge on any atom is -0.493 e. The van der Waals surface area contributed by atoms with E-state index in [2.05, 4.69) is 79.7 Å². The summed E-state index contributed by atoms with van der Waals surface area (Å²) in [5, 5.41) is 0. The molecule has 0 N–H and O–H groups in total. The maximum Gasteiger partial charge on any atom is 0.161 e. The molecule has 3 aromatic rings. The van der Waals surface area contributed by atoms with Gasteiger partial charge in [0.15, 0.2) is 11.5 Å². The fourth-order valence-electron chi connectivity index (χ4n) is 4.35. The van der Waals surface area contributed by atoms with Crippen LogP contribution in [-0.2, 0) is 5.41 Å². The summed E-state index contributed by atoms with van der Waals surface area (Å²) >= 11 is 0. The number of hydrogen-bond acceptors (Lipinski definition) is 2. The van der Waals surface area contributed by atoms with Crippen molar-refractivity contribution in [3.63, 3.8) is 0 Å². The standard InChI is InChI=1S/C24H24O2/c1-24(18-12-8-5-9-13-18)16-20(17-10-6-4-7-11-17)19-14-22(25-2)23(26-3)15-21(19)24/h4-15,20H,16H2,1-3H3/t20-,24+/m1/s1. The van der Waals surface area contributed by atoms with E-state index in [9.17, 15) is 0 Å². The highest BCUT2D eigenvalue weighted by atomic mass is 16.5. The van der Waals surface area contributed by atoms with Crippen LogP contribution < -0.4 is 9.47 Å². The van der Waals surface area contributed by atoms with Gasteiger partial charge >= 0.3 is 0 Å². The first-order valence-corrected chi connectivity index (χ1v) is 9.04. The molecule has 2 nitrogen and oxygen atoms in total. The lowest BCUT2D eigenvalue weighted by Gasteiger charge is -2.27. The maximum atomic E-state index is 5.61. The van der Waals surface area contributed by atoms with Gasteiger partial charge in [-0.15, -0.1) is 0 Å². The Morgan fingerprint density at radius 3 is 2.00 bits per heavy atom. The molecule has 0 aliphatic heterocycles. The van der Waals surface area contributed by atoms with Gasteiger partial charge in [-0.1, -0.05) is 67.6 Å². The van der Waals surface area contributed by atoms with Crippen LogP contribution in [0.4, 0.5) is 0 Å². The van der Waals surface area contributed by atoms with E-state index in [0.717, 1.165) is 17.9 Å². The lowest BCUT2D eigenvalue weighted by atomic mass is 9.76. The van der Waals surface area contributed by atoms with Gasteiger partial charge in [-0.3, -0.25) is 0 Å². The largest absolute Gasteiger partial charge is 0.493 e. The predicted molar refractivity (Wildman–Crippen MR) is 105 cm³/mol. The van der Waals surface area contributed by atoms with Crippen molar-refractivity contribution in [2.45, 2.75) is 24.7 Å². The number of fused-ring (bicyclic) bond motifs is 1. The molecule has 0 fully saturated rings. The summed E-state index contributed by atoms with van der Waals surface area (Å²) < 4.78 is 11.2. The first-order valence-electron chi connectivity index (χ1n) is 9.04. The first kappa shape index (κ1) is 16.7. The van der Waals surface area contributed by atoms with Gasteiger partial charge in [0.25, 0.3) is 0 Å². The van der Waals surface area contributed by atoms with E-state index >= 15 is 0 Å².